The Balaban J connectivity index is 1.26. The van der Waals surface area contributed by atoms with Crippen molar-refractivity contribution in [3.63, 3.8) is 0 Å². The van der Waals surface area contributed by atoms with Crippen molar-refractivity contribution in [3.8, 4) is 0 Å². The fraction of sp³-hybridized carbons (Fsp3) is 1.00. The highest BCUT2D eigenvalue weighted by atomic mass is 16.5. The van der Waals surface area contributed by atoms with Gasteiger partial charge >= 0.3 is 0 Å². The summed E-state index contributed by atoms with van der Waals surface area (Å²) in [4.78, 5) is 0. The molecule has 3 unspecified atom stereocenters. The molecule has 0 radical (unpaired) electrons. The molecule has 0 aromatic carbocycles. The molecule has 2 nitrogen and oxygen atoms in total. The Kier molecular flexibility index (Phi) is 4.82. The molecule has 1 heterocycles. The molecule has 1 N–H and O–H groups in total. The number of ether oxygens (including phenoxy) is 1. The molecule has 6 aliphatic rings. The molecule has 10 atom stereocenters. The van der Waals surface area contributed by atoms with Gasteiger partial charge in [-0.25, -0.2) is 0 Å². The zero-order chi connectivity index (χ0) is 23.7. The SMILES string of the molecule is CC(C)[C@]1(C)CCC([C@H]2CC[C@@]3(C)C4CCC5C(C)(C)[C@@H](O)CC[C@@]56C[C@@]46CC[C@]23C)CO1. The normalized spacial score (nSPS) is 59.4. The molecule has 33 heavy (non-hydrogen) atoms. The van der Waals surface area contributed by atoms with Gasteiger partial charge in [0.2, 0.25) is 0 Å². The number of rotatable bonds is 2. The van der Waals surface area contributed by atoms with E-state index in [1.807, 2.05) is 0 Å². The van der Waals surface area contributed by atoms with Gasteiger partial charge in [0.05, 0.1) is 18.3 Å². The number of hydrogen-bond donors (Lipinski definition) is 1. The van der Waals surface area contributed by atoms with Gasteiger partial charge in [-0.2, -0.15) is 0 Å². The average molecular weight is 457 g/mol. The second kappa shape index (κ2) is 6.81. The summed E-state index contributed by atoms with van der Waals surface area (Å²) in [6.07, 6.45) is 15.0. The Morgan fingerprint density at radius 1 is 0.727 bits per heavy atom. The standard InChI is InChI=1S/C31H52O2/c1-20(2)29(7)14-10-21(18-33-29)22-11-13-28(6)24-9-8-23-26(3,4)25(32)12-15-30(23)19-31(24,30)17-16-27(22,28)5/h20-25,32H,8-19H2,1-7H3/t21?,22-,23?,24?,25+,27-,28+,29+,30-,31+/m1/s1. The van der Waals surface area contributed by atoms with E-state index in [2.05, 4.69) is 48.5 Å². The van der Waals surface area contributed by atoms with Gasteiger partial charge in [0.15, 0.2) is 0 Å². The molecule has 6 rings (SSSR count). The first kappa shape index (κ1) is 23.3. The van der Waals surface area contributed by atoms with Gasteiger partial charge < -0.3 is 9.84 Å². The molecule has 2 spiro atoms. The molecule has 2 heteroatoms. The van der Waals surface area contributed by atoms with E-state index in [0.717, 1.165) is 36.7 Å². The van der Waals surface area contributed by atoms with Crippen LogP contribution in [-0.4, -0.2) is 23.4 Å². The Hall–Kier alpha value is -0.0800. The van der Waals surface area contributed by atoms with E-state index >= 15 is 0 Å². The van der Waals surface area contributed by atoms with Gasteiger partial charge in [0, 0.05) is 0 Å². The van der Waals surface area contributed by atoms with Crippen molar-refractivity contribution < 1.29 is 9.84 Å². The lowest BCUT2D eigenvalue weighted by Crippen LogP contribution is -2.58. The molecular formula is C31H52O2. The molecule has 0 aromatic rings. The van der Waals surface area contributed by atoms with E-state index in [4.69, 9.17) is 4.74 Å². The molecule has 5 aliphatic carbocycles. The summed E-state index contributed by atoms with van der Waals surface area (Å²) >= 11 is 0. The number of aliphatic hydroxyl groups is 1. The van der Waals surface area contributed by atoms with Crippen molar-refractivity contribution in [2.24, 2.45) is 56.7 Å². The largest absolute Gasteiger partial charge is 0.393 e. The summed E-state index contributed by atoms with van der Waals surface area (Å²) in [5.74, 6) is 3.90. The third-order valence-electron chi connectivity index (χ3n) is 14.6. The number of fused-ring (bicyclic) bond motifs is 2. The van der Waals surface area contributed by atoms with Gasteiger partial charge in [-0.15, -0.1) is 0 Å². The zero-order valence-corrected chi connectivity index (χ0v) is 22.8. The maximum Gasteiger partial charge on any atom is 0.0677 e. The van der Waals surface area contributed by atoms with Crippen LogP contribution in [0.15, 0.2) is 0 Å². The summed E-state index contributed by atoms with van der Waals surface area (Å²) in [5, 5.41) is 10.9. The molecular weight excluding hydrogens is 404 g/mol. The van der Waals surface area contributed by atoms with Crippen molar-refractivity contribution in [2.45, 2.75) is 131 Å². The van der Waals surface area contributed by atoms with E-state index in [0.29, 0.717) is 27.6 Å². The monoisotopic (exact) mass is 456 g/mol. The van der Waals surface area contributed by atoms with E-state index in [1.165, 1.54) is 64.2 Å². The van der Waals surface area contributed by atoms with Crippen molar-refractivity contribution in [3.05, 3.63) is 0 Å². The van der Waals surface area contributed by atoms with Crippen LogP contribution in [0.1, 0.15) is 119 Å². The summed E-state index contributed by atoms with van der Waals surface area (Å²) in [6, 6.07) is 0. The quantitative estimate of drug-likeness (QED) is 0.463. The van der Waals surface area contributed by atoms with Crippen LogP contribution in [0.3, 0.4) is 0 Å². The van der Waals surface area contributed by atoms with E-state index in [1.54, 1.807) is 0 Å². The molecule has 6 fully saturated rings. The van der Waals surface area contributed by atoms with E-state index in [-0.39, 0.29) is 17.1 Å². The van der Waals surface area contributed by atoms with Gasteiger partial charge in [-0.05, 0) is 134 Å². The molecule has 0 amide bonds. The first-order valence-electron chi connectivity index (χ1n) is 14.7. The van der Waals surface area contributed by atoms with Crippen molar-refractivity contribution >= 4 is 0 Å². The Morgan fingerprint density at radius 2 is 1.42 bits per heavy atom. The van der Waals surface area contributed by atoms with E-state index < -0.39 is 0 Å². The smallest absolute Gasteiger partial charge is 0.0677 e. The summed E-state index contributed by atoms with van der Waals surface area (Å²) in [7, 11) is 0. The summed E-state index contributed by atoms with van der Waals surface area (Å²) in [5.41, 5.74) is 2.36. The number of aliphatic hydroxyl groups excluding tert-OH is 1. The van der Waals surface area contributed by atoms with Crippen LogP contribution in [0.4, 0.5) is 0 Å². The lowest BCUT2D eigenvalue weighted by Gasteiger charge is -2.63. The summed E-state index contributed by atoms with van der Waals surface area (Å²) < 4.78 is 6.62. The van der Waals surface area contributed by atoms with Crippen LogP contribution in [0.2, 0.25) is 0 Å². The average Bonchev–Trinajstić information content (AvgIpc) is 3.35. The highest BCUT2D eigenvalue weighted by molar-refractivity contribution is 5.30. The van der Waals surface area contributed by atoms with Crippen LogP contribution in [0, 0.1) is 56.7 Å². The first-order valence-corrected chi connectivity index (χ1v) is 14.7. The third kappa shape index (κ3) is 2.65. The third-order valence-corrected chi connectivity index (χ3v) is 14.6. The Labute approximate surface area is 204 Å². The highest BCUT2D eigenvalue weighted by Gasteiger charge is 2.82. The van der Waals surface area contributed by atoms with Crippen molar-refractivity contribution in [1.29, 1.82) is 0 Å². The minimum Gasteiger partial charge on any atom is -0.393 e. The zero-order valence-electron chi connectivity index (χ0n) is 22.8. The molecule has 1 saturated heterocycles. The predicted molar refractivity (Wildman–Crippen MR) is 135 cm³/mol. The number of hydrogen-bond acceptors (Lipinski definition) is 2. The van der Waals surface area contributed by atoms with Gasteiger partial charge in [-0.3, -0.25) is 0 Å². The molecule has 0 bridgehead atoms. The molecule has 0 aromatic heterocycles. The molecule has 1 aliphatic heterocycles. The Bertz CT molecular complexity index is 808. The van der Waals surface area contributed by atoms with Crippen LogP contribution < -0.4 is 0 Å². The Morgan fingerprint density at radius 3 is 2.09 bits per heavy atom. The second-order valence-corrected chi connectivity index (χ2v) is 15.6. The fourth-order valence-electron chi connectivity index (χ4n) is 11.8. The van der Waals surface area contributed by atoms with Crippen LogP contribution >= 0.6 is 0 Å². The maximum atomic E-state index is 10.9. The predicted octanol–water partition coefficient (Wildman–Crippen LogP) is 7.63. The first-order chi connectivity index (χ1) is 15.4. The second-order valence-electron chi connectivity index (χ2n) is 15.6. The highest BCUT2D eigenvalue weighted by Crippen LogP contribution is 2.89. The van der Waals surface area contributed by atoms with Crippen molar-refractivity contribution in [1.82, 2.24) is 0 Å². The topological polar surface area (TPSA) is 29.5 Å². The van der Waals surface area contributed by atoms with Crippen LogP contribution in [0.5, 0.6) is 0 Å². The van der Waals surface area contributed by atoms with Crippen molar-refractivity contribution in [2.75, 3.05) is 6.61 Å². The van der Waals surface area contributed by atoms with Gasteiger partial charge in [0.25, 0.3) is 0 Å². The van der Waals surface area contributed by atoms with Crippen LogP contribution in [-0.2, 0) is 4.74 Å². The summed E-state index contributed by atoms with van der Waals surface area (Å²) in [6.45, 7) is 18.3. The lowest BCUT2D eigenvalue weighted by atomic mass is 9.41. The minimum absolute atomic E-state index is 0.0903. The van der Waals surface area contributed by atoms with Gasteiger partial charge in [-0.1, -0.05) is 41.5 Å². The molecule has 188 valence electrons. The fourth-order valence-corrected chi connectivity index (χ4v) is 11.8. The maximum absolute atomic E-state index is 10.9. The lowest BCUT2D eigenvalue weighted by molar-refractivity contribution is -0.174. The van der Waals surface area contributed by atoms with E-state index in [9.17, 15) is 5.11 Å². The minimum atomic E-state index is -0.0922. The van der Waals surface area contributed by atoms with Gasteiger partial charge in [0.1, 0.15) is 0 Å². The van der Waals surface area contributed by atoms with Crippen LogP contribution in [0.25, 0.3) is 0 Å². The molecule has 5 saturated carbocycles.